The number of furan rings is 1. The number of benzene rings is 1. The molecule has 0 bridgehead atoms. The zero-order chi connectivity index (χ0) is 28.6. The molecule has 40 heavy (non-hydrogen) atoms. The van der Waals surface area contributed by atoms with Crippen LogP contribution in [0.2, 0.25) is 0 Å². The SMILES string of the molecule is CCOC(=O)C1=C(C)N=c2s/c(=C/c3ccc(Sc4nc(C)cc(C)n4)o3)c(=O)n2[C@H]1c1ccc(N(C)C)cc1. The first-order valence-electron chi connectivity index (χ1n) is 12.7. The molecule has 1 atom stereocenters. The second kappa shape index (κ2) is 11.3. The summed E-state index contributed by atoms with van der Waals surface area (Å²) in [5.74, 6) is 0.0337. The fourth-order valence-electron chi connectivity index (χ4n) is 4.49. The zero-order valence-electron chi connectivity index (χ0n) is 23.1. The zero-order valence-corrected chi connectivity index (χ0v) is 24.7. The number of allylic oxidation sites excluding steroid dienone is 1. The molecular formula is C29H29N5O4S2. The van der Waals surface area contributed by atoms with E-state index < -0.39 is 12.0 Å². The average molecular weight is 576 g/mol. The number of ether oxygens (including phenoxy) is 1. The summed E-state index contributed by atoms with van der Waals surface area (Å²) >= 11 is 2.57. The average Bonchev–Trinajstić information content (AvgIpc) is 3.46. The summed E-state index contributed by atoms with van der Waals surface area (Å²) in [5.41, 5.74) is 4.18. The molecule has 4 aromatic rings. The Bertz CT molecular complexity index is 1780. The Morgan fingerprint density at radius 2 is 1.82 bits per heavy atom. The van der Waals surface area contributed by atoms with Gasteiger partial charge < -0.3 is 14.1 Å². The molecule has 0 radical (unpaired) electrons. The van der Waals surface area contributed by atoms with Crippen molar-refractivity contribution in [2.75, 3.05) is 25.6 Å². The van der Waals surface area contributed by atoms with Crippen molar-refractivity contribution < 1.29 is 13.9 Å². The van der Waals surface area contributed by atoms with Gasteiger partial charge in [0.1, 0.15) is 5.76 Å². The summed E-state index contributed by atoms with van der Waals surface area (Å²) < 4.78 is 13.4. The van der Waals surface area contributed by atoms with Crippen LogP contribution in [0.1, 0.15) is 42.6 Å². The number of carbonyl (C=O) groups excluding carboxylic acids is 1. The number of thiazole rings is 1. The Hall–Kier alpha value is -3.96. The molecule has 1 aromatic carbocycles. The molecule has 11 heteroatoms. The van der Waals surface area contributed by atoms with Gasteiger partial charge in [-0.3, -0.25) is 9.36 Å². The number of esters is 1. The Morgan fingerprint density at radius 1 is 1.12 bits per heavy atom. The van der Waals surface area contributed by atoms with Crippen molar-refractivity contribution in [1.82, 2.24) is 14.5 Å². The van der Waals surface area contributed by atoms with Gasteiger partial charge in [0.25, 0.3) is 5.56 Å². The topological polar surface area (TPSA) is 103 Å². The molecule has 1 aliphatic heterocycles. The highest BCUT2D eigenvalue weighted by Crippen LogP contribution is 2.32. The van der Waals surface area contributed by atoms with E-state index in [4.69, 9.17) is 9.15 Å². The smallest absolute Gasteiger partial charge is 0.338 e. The third-order valence-electron chi connectivity index (χ3n) is 6.27. The number of fused-ring (bicyclic) bond motifs is 1. The van der Waals surface area contributed by atoms with Crippen LogP contribution in [-0.2, 0) is 9.53 Å². The second-order valence-corrected chi connectivity index (χ2v) is 11.5. The minimum atomic E-state index is -0.668. The van der Waals surface area contributed by atoms with Gasteiger partial charge in [0, 0.05) is 37.2 Å². The first kappa shape index (κ1) is 27.6. The maximum absolute atomic E-state index is 13.8. The lowest BCUT2D eigenvalue weighted by molar-refractivity contribution is -0.139. The van der Waals surface area contributed by atoms with Crippen LogP contribution in [0.15, 0.2) is 78.2 Å². The summed E-state index contributed by atoms with van der Waals surface area (Å²) in [6, 6.07) is 12.7. The molecule has 4 heterocycles. The van der Waals surface area contributed by atoms with E-state index in [1.54, 1.807) is 30.6 Å². The van der Waals surface area contributed by atoms with Gasteiger partial charge in [-0.05, 0) is 75.4 Å². The fourth-order valence-corrected chi connectivity index (χ4v) is 6.35. The number of aromatic nitrogens is 3. The standard InChI is InChI=1S/C29H29N5O4S2/c1-7-37-27(36)24-18(4)32-29-34(25(24)19-8-10-20(11-9-19)33(5)6)26(35)22(39-29)15-21-12-13-23(38-21)40-28-30-16(2)14-17(3)31-28/h8-15,25H,7H2,1-6H3/b22-15+/t25-/m0/s1. The Kier molecular flexibility index (Phi) is 7.77. The molecule has 206 valence electrons. The van der Waals surface area contributed by atoms with Gasteiger partial charge in [0.05, 0.1) is 28.5 Å². The van der Waals surface area contributed by atoms with E-state index in [9.17, 15) is 9.59 Å². The van der Waals surface area contributed by atoms with Gasteiger partial charge in [-0.15, -0.1) is 0 Å². The van der Waals surface area contributed by atoms with Crippen molar-refractivity contribution in [3.8, 4) is 0 Å². The molecule has 1 aliphatic rings. The third-order valence-corrected chi connectivity index (χ3v) is 8.04. The number of hydrogen-bond acceptors (Lipinski definition) is 10. The summed E-state index contributed by atoms with van der Waals surface area (Å²) in [5, 5.41) is 1.21. The fraction of sp³-hybridized carbons (Fsp3) is 0.276. The monoisotopic (exact) mass is 575 g/mol. The molecule has 0 N–H and O–H groups in total. The minimum Gasteiger partial charge on any atom is -0.463 e. The van der Waals surface area contributed by atoms with Gasteiger partial charge in [-0.1, -0.05) is 23.5 Å². The van der Waals surface area contributed by atoms with Gasteiger partial charge >= 0.3 is 5.97 Å². The number of anilines is 1. The highest BCUT2D eigenvalue weighted by atomic mass is 32.2. The molecule has 0 spiro atoms. The lowest BCUT2D eigenvalue weighted by Crippen LogP contribution is -2.39. The molecule has 0 fully saturated rings. The van der Waals surface area contributed by atoms with Gasteiger partial charge in [0.2, 0.25) is 0 Å². The van der Waals surface area contributed by atoms with Crippen molar-refractivity contribution >= 4 is 40.8 Å². The molecule has 0 saturated carbocycles. The van der Waals surface area contributed by atoms with Gasteiger partial charge in [-0.2, -0.15) is 0 Å². The molecule has 3 aromatic heterocycles. The van der Waals surface area contributed by atoms with Crippen LogP contribution in [-0.4, -0.2) is 41.2 Å². The van der Waals surface area contributed by atoms with Crippen LogP contribution < -0.4 is 19.8 Å². The first-order chi connectivity index (χ1) is 19.1. The summed E-state index contributed by atoms with van der Waals surface area (Å²) in [4.78, 5) is 42.9. The first-order valence-corrected chi connectivity index (χ1v) is 14.3. The maximum Gasteiger partial charge on any atom is 0.338 e. The number of aryl methyl sites for hydroxylation is 2. The van der Waals surface area contributed by atoms with Gasteiger partial charge in [-0.25, -0.2) is 19.8 Å². The minimum absolute atomic E-state index is 0.221. The quantitative estimate of drug-likeness (QED) is 0.241. The van der Waals surface area contributed by atoms with E-state index in [1.807, 2.05) is 69.2 Å². The highest BCUT2D eigenvalue weighted by molar-refractivity contribution is 7.99. The van der Waals surface area contributed by atoms with Crippen LogP contribution in [0.5, 0.6) is 0 Å². The Labute approximate surface area is 239 Å². The largest absolute Gasteiger partial charge is 0.463 e. The van der Waals surface area contributed by atoms with Crippen molar-refractivity contribution in [3.05, 3.63) is 96.1 Å². The van der Waals surface area contributed by atoms with Crippen LogP contribution in [0.3, 0.4) is 0 Å². The Balaban J connectivity index is 1.56. The molecule has 0 aliphatic carbocycles. The molecule has 0 unspecified atom stereocenters. The molecule has 0 amide bonds. The van der Waals surface area contributed by atoms with Crippen molar-refractivity contribution in [3.63, 3.8) is 0 Å². The predicted octanol–water partition coefficient (Wildman–Crippen LogP) is 4.02. The normalized spacial score (nSPS) is 15.2. The molecule has 0 saturated heterocycles. The van der Waals surface area contributed by atoms with E-state index in [0.29, 0.717) is 36.6 Å². The summed E-state index contributed by atoms with van der Waals surface area (Å²) in [6.07, 6.45) is 1.70. The number of carbonyl (C=O) groups is 1. The van der Waals surface area contributed by atoms with E-state index in [0.717, 1.165) is 22.6 Å². The van der Waals surface area contributed by atoms with E-state index in [-0.39, 0.29) is 12.2 Å². The van der Waals surface area contributed by atoms with Crippen molar-refractivity contribution in [2.24, 2.45) is 4.99 Å². The lowest BCUT2D eigenvalue weighted by atomic mass is 9.95. The number of hydrogen-bond donors (Lipinski definition) is 0. The lowest BCUT2D eigenvalue weighted by Gasteiger charge is -2.25. The molecular weight excluding hydrogens is 546 g/mol. The van der Waals surface area contributed by atoms with Crippen molar-refractivity contribution in [1.29, 1.82) is 0 Å². The predicted molar refractivity (Wildman–Crippen MR) is 156 cm³/mol. The van der Waals surface area contributed by atoms with Crippen LogP contribution >= 0.6 is 23.1 Å². The molecule has 5 rings (SSSR count). The maximum atomic E-state index is 13.8. The van der Waals surface area contributed by atoms with Crippen LogP contribution in [0.4, 0.5) is 5.69 Å². The van der Waals surface area contributed by atoms with Crippen molar-refractivity contribution in [2.45, 2.75) is 44.0 Å². The number of rotatable bonds is 7. The second-order valence-electron chi connectivity index (χ2n) is 9.48. The molecule has 9 nitrogen and oxygen atoms in total. The van der Waals surface area contributed by atoms with Crippen LogP contribution in [0.25, 0.3) is 6.08 Å². The Morgan fingerprint density at radius 3 is 2.48 bits per heavy atom. The summed E-state index contributed by atoms with van der Waals surface area (Å²) in [6.45, 7) is 7.59. The highest BCUT2D eigenvalue weighted by Gasteiger charge is 2.33. The third kappa shape index (κ3) is 5.52. The van der Waals surface area contributed by atoms with Crippen LogP contribution in [0, 0.1) is 13.8 Å². The van der Waals surface area contributed by atoms with E-state index in [1.165, 1.54) is 23.1 Å². The summed E-state index contributed by atoms with van der Waals surface area (Å²) in [7, 11) is 3.92. The van der Waals surface area contributed by atoms with Gasteiger partial charge in [0.15, 0.2) is 15.1 Å². The van der Waals surface area contributed by atoms with E-state index >= 15 is 0 Å². The van der Waals surface area contributed by atoms with E-state index in [2.05, 4.69) is 15.0 Å². The number of nitrogens with zero attached hydrogens (tertiary/aromatic N) is 5.